The van der Waals surface area contributed by atoms with Crippen molar-refractivity contribution in [3.63, 3.8) is 0 Å². The van der Waals surface area contributed by atoms with E-state index in [4.69, 9.17) is 0 Å². The lowest BCUT2D eigenvalue weighted by atomic mass is 9.57. The van der Waals surface area contributed by atoms with E-state index in [2.05, 4.69) is 46.9 Å². The second kappa shape index (κ2) is 3.50. The van der Waals surface area contributed by atoms with Gasteiger partial charge in [-0.1, -0.05) is 41.5 Å². The average Bonchev–Trinajstić information content (AvgIpc) is 1.99. The van der Waals surface area contributed by atoms with E-state index in [9.17, 15) is 4.79 Å². The summed E-state index contributed by atoms with van der Waals surface area (Å²) in [6, 6.07) is 0. The number of piperidine rings is 1. The molecule has 0 unspecified atom stereocenters. The fourth-order valence-corrected chi connectivity index (χ4v) is 3.13. The molecule has 0 aromatic heterocycles. The molecule has 0 atom stereocenters. The highest BCUT2D eigenvalue weighted by atomic mass is 16.1. The zero-order chi connectivity index (χ0) is 11.9. The molecule has 0 aliphatic carbocycles. The number of hydrogen-bond acceptors (Lipinski definition) is 1. The third-order valence-corrected chi connectivity index (χ3v) is 3.87. The first-order valence-electron chi connectivity index (χ1n) is 5.91. The number of carbonyl (C=O) groups is 1. The molecule has 0 aromatic carbocycles. The van der Waals surface area contributed by atoms with Gasteiger partial charge in [0, 0.05) is 12.0 Å². The van der Waals surface area contributed by atoms with Crippen molar-refractivity contribution >= 4 is 5.91 Å². The number of hydrogen-bond donors (Lipinski definition) is 1. The van der Waals surface area contributed by atoms with Crippen LogP contribution in [0.25, 0.3) is 0 Å². The minimum absolute atomic E-state index is 0.0741. The zero-order valence-electron chi connectivity index (χ0n) is 11.0. The van der Waals surface area contributed by atoms with Crippen LogP contribution in [-0.4, -0.2) is 11.4 Å². The van der Waals surface area contributed by atoms with Gasteiger partial charge in [-0.15, -0.1) is 0 Å². The van der Waals surface area contributed by atoms with E-state index in [1.165, 1.54) is 0 Å². The van der Waals surface area contributed by atoms with Gasteiger partial charge in [0.05, 0.1) is 0 Å². The molecule has 1 aliphatic heterocycles. The zero-order valence-corrected chi connectivity index (χ0v) is 11.0. The highest BCUT2D eigenvalue weighted by Gasteiger charge is 2.52. The Bertz CT molecular complexity index is 241. The first kappa shape index (κ1) is 12.5. The molecule has 0 bridgehead atoms. The Kier molecular flexibility index (Phi) is 2.92. The van der Waals surface area contributed by atoms with Crippen molar-refractivity contribution < 1.29 is 4.79 Å². The van der Waals surface area contributed by atoms with Gasteiger partial charge in [-0.05, 0) is 23.7 Å². The molecule has 1 amide bonds. The Morgan fingerprint density at radius 3 is 1.80 bits per heavy atom. The Morgan fingerprint density at radius 2 is 1.53 bits per heavy atom. The second-order valence-corrected chi connectivity index (χ2v) is 6.81. The molecule has 2 heteroatoms. The summed E-state index contributed by atoms with van der Waals surface area (Å²) < 4.78 is 0. The fraction of sp³-hybridized carbons (Fsp3) is 0.923. The summed E-state index contributed by atoms with van der Waals surface area (Å²) in [5, 5.41) is 3.27. The molecule has 1 saturated heterocycles. The highest BCUT2D eigenvalue weighted by molar-refractivity contribution is 5.78. The van der Waals surface area contributed by atoms with E-state index < -0.39 is 0 Å². The van der Waals surface area contributed by atoms with Crippen molar-refractivity contribution in [2.24, 2.45) is 10.8 Å². The van der Waals surface area contributed by atoms with Crippen molar-refractivity contribution in [1.82, 2.24) is 5.32 Å². The largest absolute Gasteiger partial charge is 0.350 e. The number of carbonyl (C=O) groups excluding carboxylic acids is 1. The normalized spacial score (nSPS) is 22.4. The third-order valence-electron chi connectivity index (χ3n) is 3.87. The van der Waals surface area contributed by atoms with E-state index in [0.29, 0.717) is 6.42 Å². The summed E-state index contributed by atoms with van der Waals surface area (Å²) in [5.41, 5.74) is 0.123. The van der Waals surface area contributed by atoms with Gasteiger partial charge in [-0.25, -0.2) is 0 Å². The van der Waals surface area contributed by atoms with Crippen molar-refractivity contribution in [2.75, 3.05) is 0 Å². The van der Waals surface area contributed by atoms with Crippen LogP contribution in [0.1, 0.15) is 60.8 Å². The maximum absolute atomic E-state index is 11.7. The van der Waals surface area contributed by atoms with Crippen LogP contribution < -0.4 is 5.32 Å². The lowest BCUT2D eigenvalue weighted by molar-refractivity contribution is -0.132. The standard InChI is InChI=1S/C13H25NO/c1-11(2,3)13(12(4,5)6)9-7-8-10(15)14-13/h7-9H2,1-6H3,(H,14,15). The SMILES string of the molecule is CC(C)(C)C1(C(C)(C)C)CCCC(=O)N1. The lowest BCUT2D eigenvalue weighted by Crippen LogP contribution is -2.66. The van der Waals surface area contributed by atoms with Gasteiger partial charge < -0.3 is 5.32 Å². The molecule has 0 saturated carbocycles. The molecular formula is C13H25NO. The molecule has 1 N–H and O–H groups in total. The molecule has 0 spiro atoms. The number of amides is 1. The summed E-state index contributed by atoms with van der Waals surface area (Å²) in [4.78, 5) is 11.7. The smallest absolute Gasteiger partial charge is 0.220 e. The van der Waals surface area contributed by atoms with Crippen molar-refractivity contribution in [3.05, 3.63) is 0 Å². The molecule has 0 radical (unpaired) electrons. The van der Waals surface area contributed by atoms with Gasteiger partial charge in [0.15, 0.2) is 0 Å². The van der Waals surface area contributed by atoms with Gasteiger partial charge in [0.25, 0.3) is 0 Å². The van der Waals surface area contributed by atoms with Gasteiger partial charge in [0.1, 0.15) is 0 Å². The fourth-order valence-electron chi connectivity index (χ4n) is 3.13. The van der Waals surface area contributed by atoms with Crippen LogP contribution in [0, 0.1) is 10.8 Å². The van der Waals surface area contributed by atoms with E-state index >= 15 is 0 Å². The Labute approximate surface area is 93.8 Å². The predicted octanol–water partition coefficient (Wildman–Crippen LogP) is 3.12. The molecular weight excluding hydrogens is 186 g/mol. The maximum atomic E-state index is 11.7. The van der Waals surface area contributed by atoms with Crippen LogP contribution in [0.5, 0.6) is 0 Å². The Morgan fingerprint density at radius 1 is 1.07 bits per heavy atom. The molecule has 88 valence electrons. The van der Waals surface area contributed by atoms with Crippen LogP contribution >= 0.6 is 0 Å². The predicted molar refractivity (Wildman–Crippen MR) is 63.6 cm³/mol. The van der Waals surface area contributed by atoms with Gasteiger partial charge in [-0.2, -0.15) is 0 Å². The van der Waals surface area contributed by atoms with Gasteiger partial charge in [0.2, 0.25) is 5.91 Å². The second-order valence-electron chi connectivity index (χ2n) is 6.81. The summed E-state index contributed by atoms with van der Waals surface area (Å²) >= 11 is 0. The van der Waals surface area contributed by atoms with Gasteiger partial charge >= 0.3 is 0 Å². The monoisotopic (exact) mass is 211 g/mol. The topological polar surface area (TPSA) is 29.1 Å². The van der Waals surface area contributed by atoms with Crippen molar-refractivity contribution in [2.45, 2.75) is 66.3 Å². The first-order chi connectivity index (χ1) is 6.60. The highest BCUT2D eigenvalue weighted by Crippen LogP contribution is 2.48. The van der Waals surface area contributed by atoms with Crippen LogP contribution in [0.4, 0.5) is 0 Å². The first-order valence-corrected chi connectivity index (χ1v) is 5.91. The molecule has 1 fully saturated rings. The molecule has 15 heavy (non-hydrogen) atoms. The Hall–Kier alpha value is -0.530. The van der Waals surface area contributed by atoms with Crippen molar-refractivity contribution in [3.8, 4) is 0 Å². The summed E-state index contributed by atoms with van der Waals surface area (Å²) in [6.07, 6.45) is 2.79. The molecule has 1 heterocycles. The third kappa shape index (κ3) is 2.04. The van der Waals surface area contributed by atoms with Crippen LogP contribution in [0.3, 0.4) is 0 Å². The van der Waals surface area contributed by atoms with Crippen molar-refractivity contribution in [1.29, 1.82) is 0 Å². The van der Waals surface area contributed by atoms with E-state index in [1.807, 2.05) is 0 Å². The van der Waals surface area contributed by atoms with Crippen LogP contribution in [0.2, 0.25) is 0 Å². The number of rotatable bonds is 0. The van der Waals surface area contributed by atoms with E-state index in [1.54, 1.807) is 0 Å². The van der Waals surface area contributed by atoms with Crippen LogP contribution in [0.15, 0.2) is 0 Å². The molecule has 1 rings (SSSR count). The molecule has 1 aliphatic rings. The minimum atomic E-state index is -0.0741. The molecule has 2 nitrogen and oxygen atoms in total. The lowest BCUT2D eigenvalue weighted by Gasteiger charge is -2.56. The summed E-state index contributed by atoms with van der Waals surface area (Å²) in [7, 11) is 0. The quantitative estimate of drug-likeness (QED) is 0.655. The maximum Gasteiger partial charge on any atom is 0.220 e. The van der Waals surface area contributed by atoms with E-state index in [-0.39, 0.29) is 22.3 Å². The Balaban J connectivity index is 3.13. The van der Waals surface area contributed by atoms with Gasteiger partial charge in [-0.3, -0.25) is 4.79 Å². The van der Waals surface area contributed by atoms with E-state index in [0.717, 1.165) is 12.8 Å². The average molecular weight is 211 g/mol. The van der Waals surface area contributed by atoms with Crippen LogP contribution in [-0.2, 0) is 4.79 Å². The number of nitrogens with one attached hydrogen (secondary N) is 1. The summed E-state index contributed by atoms with van der Waals surface area (Å²) in [6.45, 7) is 13.4. The minimum Gasteiger partial charge on any atom is -0.350 e. The molecule has 0 aromatic rings. The summed E-state index contributed by atoms with van der Waals surface area (Å²) in [5.74, 6) is 0.214.